The number of fused-ring (bicyclic) bond motifs is 1. The highest BCUT2D eigenvalue weighted by Gasteiger charge is 2.34. The van der Waals surface area contributed by atoms with E-state index in [1.807, 2.05) is 20.8 Å². The van der Waals surface area contributed by atoms with Gasteiger partial charge < -0.3 is 15.2 Å². The number of benzene rings is 1. The molecule has 2 heterocycles. The molecule has 0 aliphatic carbocycles. The summed E-state index contributed by atoms with van der Waals surface area (Å²) in [5.41, 5.74) is -1.22. The van der Waals surface area contributed by atoms with Crippen molar-refractivity contribution >= 4 is 11.6 Å². The van der Waals surface area contributed by atoms with Crippen LogP contribution in [0, 0.1) is 5.82 Å². The molecule has 1 aromatic carbocycles. The second-order valence-electron chi connectivity index (χ2n) is 8.71. The molecule has 7 nitrogen and oxygen atoms in total. The van der Waals surface area contributed by atoms with E-state index in [-0.39, 0.29) is 11.0 Å². The maximum Gasteiger partial charge on any atom is 0.573 e. The van der Waals surface area contributed by atoms with Crippen LogP contribution in [0.3, 0.4) is 0 Å². The van der Waals surface area contributed by atoms with Crippen molar-refractivity contribution in [2.24, 2.45) is 0 Å². The fourth-order valence-electron chi connectivity index (χ4n) is 3.02. The van der Waals surface area contributed by atoms with Gasteiger partial charge in [0.2, 0.25) is 0 Å². The molecule has 0 amide bonds. The van der Waals surface area contributed by atoms with Crippen LogP contribution >= 0.6 is 0 Å². The minimum atomic E-state index is -4.94. The molecule has 0 unspecified atom stereocenters. The maximum atomic E-state index is 14.8. The van der Waals surface area contributed by atoms with Crippen molar-refractivity contribution in [1.82, 2.24) is 19.6 Å². The first-order valence-electron chi connectivity index (χ1n) is 9.40. The van der Waals surface area contributed by atoms with Crippen LogP contribution in [0.4, 0.5) is 23.4 Å². The molecular formula is C20H23F4N5O2. The molecule has 0 spiro atoms. The van der Waals surface area contributed by atoms with Crippen LogP contribution in [0.25, 0.3) is 5.78 Å². The molecule has 3 rings (SSSR count). The van der Waals surface area contributed by atoms with Gasteiger partial charge in [-0.05, 0) is 19.9 Å². The van der Waals surface area contributed by atoms with Crippen molar-refractivity contribution < 1.29 is 27.4 Å². The number of ether oxygens (including phenoxy) is 1. The summed E-state index contributed by atoms with van der Waals surface area (Å²) < 4.78 is 57.3. The van der Waals surface area contributed by atoms with E-state index in [0.717, 1.165) is 12.1 Å². The first kappa shape index (κ1) is 22.7. The summed E-state index contributed by atoms with van der Waals surface area (Å²) >= 11 is 0. The normalized spacial score (nSPS) is 14.0. The van der Waals surface area contributed by atoms with E-state index >= 15 is 0 Å². The third-order valence-electron chi connectivity index (χ3n) is 4.54. The second-order valence-corrected chi connectivity index (χ2v) is 8.71. The molecule has 0 bridgehead atoms. The van der Waals surface area contributed by atoms with E-state index in [2.05, 4.69) is 25.1 Å². The van der Waals surface area contributed by atoms with E-state index in [0.29, 0.717) is 23.4 Å². The summed E-state index contributed by atoms with van der Waals surface area (Å²) in [5.74, 6) is -0.976. The highest BCUT2D eigenvalue weighted by molar-refractivity contribution is 5.49. The number of nitrogens with one attached hydrogen (secondary N) is 1. The van der Waals surface area contributed by atoms with Crippen molar-refractivity contribution in [3.63, 3.8) is 0 Å². The number of rotatable bonds is 5. The van der Waals surface area contributed by atoms with Crippen molar-refractivity contribution in [2.45, 2.75) is 58.0 Å². The molecule has 1 atom stereocenters. The summed E-state index contributed by atoms with van der Waals surface area (Å²) in [6, 6.07) is 3.41. The molecule has 0 aliphatic rings. The number of aliphatic hydroxyl groups is 1. The molecule has 0 saturated carbocycles. The molecule has 2 N–H and O–H groups in total. The Morgan fingerprint density at radius 1 is 1.10 bits per heavy atom. The van der Waals surface area contributed by atoms with Crippen LogP contribution < -0.4 is 10.1 Å². The van der Waals surface area contributed by atoms with Crippen LogP contribution in [-0.4, -0.2) is 36.7 Å². The van der Waals surface area contributed by atoms with Crippen LogP contribution in [0.5, 0.6) is 5.75 Å². The van der Waals surface area contributed by atoms with Gasteiger partial charge in [-0.1, -0.05) is 26.8 Å². The number of alkyl halides is 3. The summed E-state index contributed by atoms with van der Waals surface area (Å²) in [7, 11) is 0. The third kappa shape index (κ3) is 5.22. The lowest BCUT2D eigenvalue weighted by molar-refractivity contribution is -0.274. The smallest absolute Gasteiger partial charge is 0.406 e. The fourth-order valence-corrected chi connectivity index (χ4v) is 3.02. The summed E-state index contributed by atoms with van der Waals surface area (Å²) in [6.45, 7) is 8.78. The lowest BCUT2D eigenvalue weighted by Gasteiger charge is -2.32. The van der Waals surface area contributed by atoms with Gasteiger partial charge in [-0.25, -0.2) is 9.37 Å². The van der Waals surface area contributed by atoms with Gasteiger partial charge in [-0.3, -0.25) is 0 Å². The molecule has 0 saturated heterocycles. The van der Waals surface area contributed by atoms with E-state index in [1.54, 1.807) is 6.07 Å². The standard InChI is InChI=1S/C20H23F4N5O2/c1-18(2,3)14-9-15(29-17(27-14)25-10-26-29)28-16(19(4,5)30)12-7-6-11(8-13(12)21)31-20(22,23)24/h6-10,16,28,30H,1-5H3/t16-/m0/s1. The SMILES string of the molecule is CC(C)(C)c1cc(N[C@@H](c2ccc(OC(F)(F)F)cc2F)C(C)(C)O)n2ncnc2n1. The van der Waals surface area contributed by atoms with Gasteiger partial charge >= 0.3 is 6.36 Å². The predicted octanol–water partition coefficient (Wildman–Crippen LogP) is 4.38. The highest BCUT2D eigenvalue weighted by Crippen LogP contribution is 2.34. The lowest BCUT2D eigenvalue weighted by Crippen LogP contribution is -2.35. The van der Waals surface area contributed by atoms with Gasteiger partial charge in [0, 0.05) is 23.1 Å². The van der Waals surface area contributed by atoms with E-state index in [4.69, 9.17) is 0 Å². The van der Waals surface area contributed by atoms with E-state index in [9.17, 15) is 22.7 Å². The van der Waals surface area contributed by atoms with Gasteiger partial charge in [0.15, 0.2) is 0 Å². The van der Waals surface area contributed by atoms with Crippen molar-refractivity contribution in [3.05, 3.63) is 47.7 Å². The molecule has 0 aliphatic heterocycles. The minimum Gasteiger partial charge on any atom is -0.406 e. The zero-order valence-corrected chi connectivity index (χ0v) is 17.6. The Morgan fingerprint density at radius 3 is 2.32 bits per heavy atom. The number of hydrogen-bond acceptors (Lipinski definition) is 6. The first-order valence-corrected chi connectivity index (χ1v) is 9.40. The van der Waals surface area contributed by atoms with Gasteiger partial charge in [-0.2, -0.15) is 14.6 Å². The zero-order chi connectivity index (χ0) is 23.2. The van der Waals surface area contributed by atoms with E-state index in [1.165, 1.54) is 24.7 Å². The Kier molecular flexibility index (Phi) is 5.59. The summed E-state index contributed by atoms with van der Waals surface area (Å²) in [4.78, 5) is 8.56. The second kappa shape index (κ2) is 7.63. The Morgan fingerprint density at radius 2 is 1.77 bits per heavy atom. The number of halogens is 4. The first-order chi connectivity index (χ1) is 14.1. The van der Waals surface area contributed by atoms with E-state index < -0.39 is 29.6 Å². The predicted molar refractivity (Wildman–Crippen MR) is 105 cm³/mol. The topological polar surface area (TPSA) is 84.6 Å². The van der Waals surface area contributed by atoms with Gasteiger partial charge in [0.1, 0.15) is 23.7 Å². The van der Waals surface area contributed by atoms with Crippen LogP contribution in [0.2, 0.25) is 0 Å². The summed E-state index contributed by atoms with van der Waals surface area (Å²) in [6.07, 6.45) is -3.64. The highest BCUT2D eigenvalue weighted by atomic mass is 19.4. The van der Waals surface area contributed by atoms with Crippen LogP contribution in [-0.2, 0) is 5.41 Å². The average Bonchev–Trinajstić information content (AvgIpc) is 3.06. The number of nitrogens with zero attached hydrogens (tertiary/aromatic N) is 4. The Balaban J connectivity index is 2.06. The van der Waals surface area contributed by atoms with Crippen molar-refractivity contribution in [3.8, 4) is 5.75 Å². The molecule has 31 heavy (non-hydrogen) atoms. The number of anilines is 1. The summed E-state index contributed by atoms with van der Waals surface area (Å²) in [5, 5.41) is 17.9. The van der Waals surface area contributed by atoms with Gasteiger partial charge in [-0.15, -0.1) is 13.2 Å². The fraction of sp³-hybridized carbons (Fsp3) is 0.450. The molecule has 168 valence electrons. The van der Waals surface area contributed by atoms with Crippen LogP contribution in [0.1, 0.15) is 51.9 Å². The van der Waals surface area contributed by atoms with Crippen LogP contribution in [0.15, 0.2) is 30.6 Å². The molecule has 2 aromatic heterocycles. The quantitative estimate of drug-likeness (QED) is 0.572. The Labute approximate surface area is 176 Å². The average molecular weight is 441 g/mol. The molecule has 0 radical (unpaired) electrons. The monoisotopic (exact) mass is 441 g/mol. The van der Waals surface area contributed by atoms with Gasteiger partial charge in [0.05, 0.1) is 17.3 Å². The molecule has 0 fully saturated rings. The van der Waals surface area contributed by atoms with Crippen molar-refractivity contribution in [1.29, 1.82) is 0 Å². The molecular weight excluding hydrogens is 418 g/mol. The maximum absolute atomic E-state index is 14.8. The van der Waals surface area contributed by atoms with Gasteiger partial charge in [0.25, 0.3) is 5.78 Å². The zero-order valence-electron chi connectivity index (χ0n) is 17.6. The molecule has 3 aromatic rings. The number of aromatic nitrogens is 4. The third-order valence-corrected chi connectivity index (χ3v) is 4.54. The number of hydrogen-bond donors (Lipinski definition) is 2. The minimum absolute atomic E-state index is 0.0515. The lowest BCUT2D eigenvalue weighted by atomic mass is 9.90. The Bertz CT molecular complexity index is 1080. The Hall–Kier alpha value is -2.95. The van der Waals surface area contributed by atoms with Crippen molar-refractivity contribution in [2.75, 3.05) is 5.32 Å². The molecule has 11 heteroatoms. The largest absolute Gasteiger partial charge is 0.573 e.